The van der Waals surface area contributed by atoms with Gasteiger partial charge >= 0.3 is 51.4 Å². The molecule has 1 heteroatoms. The second-order valence-electron chi connectivity index (χ2n) is 0.962. The predicted octanol–water partition coefficient (Wildman–Crippen LogP) is 0.668. The third-order valence-electron chi connectivity index (χ3n) is 0.556. The Kier molecular flexibility index (Phi) is 5.08. The molecule has 0 atom stereocenters. The molecule has 0 N–H and O–H groups in total. The Morgan fingerprint density at radius 2 is 1.17 bits per heavy atom. The first-order valence-corrected chi connectivity index (χ1v) is 1.67. The van der Waals surface area contributed by atoms with Crippen molar-refractivity contribution in [3.8, 4) is 0 Å². The van der Waals surface area contributed by atoms with Crippen LogP contribution >= 0.6 is 0 Å². The molecule has 27 valence electrons. The first-order valence-electron chi connectivity index (χ1n) is 1.67. The molecule has 6 heavy (non-hydrogen) atoms. The van der Waals surface area contributed by atoms with Crippen molar-refractivity contribution in [2.45, 2.75) is 0 Å². The molecule has 0 heterocycles. The van der Waals surface area contributed by atoms with E-state index < -0.39 is 0 Å². The van der Waals surface area contributed by atoms with E-state index in [1.54, 1.807) is 0 Å². The van der Waals surface area contributed by atoms with E-state index in [4.69, 9.17) is 0 Å². The third kappa shape index (κ3) is 2.32. The molecule has 0 spiro atoms. The van der Waals surface area contributed by atoms with Crippen LogP contribution in [0.5, 0.6) is 0 Å². The van der Waals surface area contributed by atoms with Crippen LogP contribution in [0.1, 0.15) is 0 Å². The summed E-state index contributed by atoms with van der Waals surface area (Å²) in [6.45, 7) is 0. The summed E-state index contributed by atoms with van der Waals surface area (Å²) in [6, 6.07) is 0. The van der Waals surface area contributed by atoms with Gasteiger partial charge in [0.25, 0.3) is 0 Å². The molecule has 1 aliphatic rings. The molecular weight excluding hydrogens is 99.2 g/mol. The molecule has 0 saturated heterocycles. The molecule has 1 radical (unpaired) electrons. The number of rotatable bonds is 0. The van der Waals surface area contributed by atoms with Gasteiger partial charge in [-0.25, -0.2) is 0 Å². The summed E-state index contributed by atoms with van der Waals surface area (Å²) in [5.41, 5.74) is 0. The summed E-state index contributed by atoms with van der Waals surface area (Å²) >= 11 is 0. The molecule has 0 aliphatic heterocycles. The summed E-state index contributed by atoms with van der Waals surface area (Å²) in [5, 5.41) is 0. The minimum absolute atomic E-state index is 0. The predicted molar refractivity (Wildman–Crippen MR) is 29.7 cm³/mol. The van der Waals surface area contributed by atoms with E-state index >= 15 is 0 Å². The van der Waals surface area contributed by atoms with E-state index in [2.05, 4.69) is 0 Å². The zero-order chi connectivity index (χ0) is 3.54. The van der Waals surface area contributed by atoms with Crippen molar-refractivity contribution in [2.24, 2.45) is 0 Å². The van der Waals surface area contributed by atoms with Crippen LogP contribution in [0.3, 0.4) is 0 Å². The molecule has 0 fully saturated rings. The first-order chi connectivity index (χ1) is 2.50. The Morgan fingerprint density at radius 3 is 1.33 bits per heavy atom. The van der Waals surface area contributed by atoms with Crippen molar-refractivity contribution in [1.29, 1.82) is 0 Å². The quantitative estimate of drug-likeness (QED) is 0.397. The normalized spacial score (nSPS) is 14.7. The van der Waals surface area contributed by atoms with Crippen LogP contribution in [0.4, 0.5) is 0 Å². The fourth-order valence-electron chi connectivity index (χ4n) is 0.321. The van der Waals surface area contributed by atoms with E-state index in [0.717, 1.165) is 0 Å². The number of hydrogen-bond acceptors (Lipinski definition) is 0. The molecule has 0 nitrogen and oxygen atoms in total. The van der Waals surface area contributed by atoms with Gasteiger partial charge in [0.05, 0.1) is 0 Å². The van der Waals surface area contributed by atoms with Gasteiger partial charge in [-0.15, -0.1) is 0 Å². The van der Waals surface area contributed by atoms with Crippen molar-refractivity contribution in [3.05, 3.63) is 30.7 Å². The Hall–Kier alpha value is 1.12. The summed E-state index contributed by atoms with van der Waals surface area (Å²) in [4.78, 5) is 0. The Balaban J connectivity index is 0.000000250. The van der Waals surface area contributed by atoms with Gasteiger partial charge < -0.3 is 0 Å². The molecule has 0 aromatic heterocycles. The van der Waals surface area contributed by atoms with Crippen molar-refractivity contribution in [2.75, 3.05) is 0 Å². The van der Waals surface area contributed by atoms with E-state index in [-0.39, 0.29) is 51.4 Å². The summed E-state index contributed by atoms with van der Waals surface area (Å²) in [6.07, 6.45) is 10.0. The van der Waals surface area contributed by atoms with Crippen LogP contribution in [-0.2, 0) is 0 Å². The second-order valence-corrected chi connectivity index (χ2v) is 0.962. The van der Waals surface area contributed by atoms with Crippen molar-refractivity contribution in [1.82, 2.24) is 0 Å². The van der Waals surface area contributed by atoms with Crippen molar-refractivity contribution >= 4 is 51.4 Å². The van der Waals surface area contributed by atoms with E-state index in [1.165, 1.54) is 0 Å². The van der Waals surface area contributed by atoms with Gasteiger partial charge in [0.2, 0.25) is 0 Å². The zero-order valence-corrected chi connectivity index (χ0v) is 2.89. The summed E-state index contributed by atoms with van der Waals surface area (Å²) < 4.78 is 0. The average Bonchev–Trinajstić information content (AvgIpc) is 1.76. The Labute approximate surface area is 80.7 Å². The SMILES string of the molecule is [CH]1C=CC=C1.[KH]. The van der Waals surface area contributed by atoms with Gasteiger partial charge in [0.1, 0.15) is 0 Å². The molecule has 0 amide bonds. The standard InChI is InChI=1S/C5H5.K.H/c1-2-4-5-3-1;;/h1-5H;;. The van der Waals surface area contributed by atoms with Gasteiger partial charge in [0, 0.05) is 6.42 Å². The maximum absolute atomic E-state index is 2.00. The topological polar surface area (TPSA) is 0 Å². The fourth-order valence-corrected chi connectivity index (χ4v) is 0.321. The van der Waals surface area contributed by atoms with Crippen LogP contribution < -0.4 is 0 Å². The Bertz CT molecular complexity index is 62.0. The van der Waals surface area contributed by atoms with Crippen LogP contribution in [-0.4, -0.2) is 51.4 Å². The molecule has 0 unspecified atom stereocenters. The fraction of sp³-hybridized carbons (Fsp3) is 0. The summed E-state index contributed by atoms with van der Waals surface area (Å²) in [5.74, 6) is 0. The van der Waals surface area contributed by atoms with Crippen molar-refractivity contribution in [3.63, 3.8) is 0 Å². The van der Waals surface area contributed by atoms with Gasteiger partial charge in [-0.1, -0.05) is 24.3 Å². The van der Waals surface area contributed by atoms with Gasteiger partial charge in [-0.05, 0) is 0 Å². The summed E-state index contributed by atoms with van der Waals surface area (Å²) in [7, 11) is 0. The molecule has 0 aromatic carbocycles. The van der Waals surface area contributed by atoms with Gasteiger partial charge in [-0.3, -0.25) is 0 Å². The maximum atomic E-state index is 2.00. The molecular formula is C5H6K. The molecule has 1 aliphatic carbocycles. The molecule has 1 rings (SSSR count). The second kappa shape index (κ2) is 4.28. The molecule has 0 saturated carbocycles. The minimum atomic E-state index is 0. The van der Waals surface area contributed by atoms with Crippen LogP contribution in [0, 0.1) is 6.42 Å². The van der Waals surface area contributed by atoms with Crippen molar-refractivity contribution < 1.29 is 0 Å². The van der Waals surface area contributed by atoms with Gasteiger partial charge in [0.15, 0.2) is 0 Å². The number of hydrogen-bond donors (Lipinski definition) is 0. The molecule has 0 aromatic rings. The number of allylic oxidation sites excluding steroid dienone is 4. The first kappa shape index (κ1) is 7.12. The monoisotopic (exact) mass is 105 g/mol. The van der Waals surface area contributed by atoms with E-state index in [9.17, 15) is 0 Å². The molecule has 0 bridgehead atoms. The van der Waals surface area contributed by atoms with Crippen LogP contribution in [0.25, 0.3) is 0 Å². The average molecular weight is 105 g/mol. The van der Waals surface area contributed by atoms with E-state index in [0.29, 0.717) is 0 Å². The van der Waals surface area contributed by atoms with Gasteiger partial charge in [-0.2, -0.15) is 0 Å². The van der Waals surface area contributed by atoms with E-state index in [1.807, 2.05) is 30.7 Å². The van der Waals surface area contributed by atoms with Crippen LogP contribution in [0.2, 0.25) is 0 Å². The van der Waals surface area contributed by atoms with Crippen LogP contribution in [0.15, 0.2) is 24.3 Å². The third-order valence-corrected chi connectivity index (χ3v) is 0.556. The zero-order valence-electron chi connectivity index (χ0n) is 2.89. The Morgan fingerprint density at radius 1 is 0.667 bits per heavy atom.